The van der Waals surface area contributed by atoms with Gasteiger partial charge in [0.15, 0.2) is 5.82 Å². The third-order valence-electron chi connectivity index (χ3n) is 4.52. The molecule has 2 heterocycles. The molecular formula is C18H21F3N6O. The molecule has 0 bridgehead atoms. The summed E-state index contributed by atoms with van der Waals surface area (Å²) >= 11 is 0. The monoisotopic (exact) mass is 394 g/mol. The predicted octanol–water partition coefficient (Wildman–Crippen LogP) is 1.88. The van der Waals surface area contributed by atoms with Gasteiger partial charge in [-0.3, -0.25) is 4.79 Å². The van der Waals surface area contributed by atoms with Crippen LogP contribution in [0.25, 0.3) is 6.08 Å². The first-order chi connectivity index (χ1) is 13.2. The number of rotatable bonds is 4. The molecule has 2 aromatic rings. The van der Waals surface area contributed by atoms with Crippen molar-refractivity contribution < 1.29 is 18.0 Å². The predicted molar refractivity (Wildman–Crippen MR) is 96.2 cm³/mol. The van der Waals surface area contributed by atoms with Crippen LogP contribution in [0.5, 0.6) is 0 Å². The average molecular weight is 394 g/mol. The molecule has 0 spiro atoms. The fourth-order valence-electron chi connectivity index (χ4n) is 3.05. The van der Waals surface area contributed by atoms with Crippen LogP contribution in [0, 0.1) is 6.92 Å². The van der Waals surface area contributed by atoms with Gasteiger partial charge in [-0.2, -0.15) is 18.0 Å². The van der Waals surface area contributed by atoms with Crippen LogP contribution >= 0.6 is 0 Å². The summed E-state index contributed by atoms with van der Waals surface area (Å²) in [6.07, 6.45) is -1.53. The molecule has 0 radical (unpaired) electrons. The van der Waals surface area contributed by atoms with E-state index in [-0.39, 0.29) is 18.5 Å². The minimum Gasteiger partial charge on any atom is -0.334 e. The molecule has 7 nitrogen and oxygen atoms in total. The van der Waals surface area contributed by atoms with Crippen LogP contribution in [-0.2, 0) is 17.5 Å². The summed E-state index contributed by atoms with van der Waals surface area (Å²) in [6.45, 7) is 5.62. The van der Waals surface area contributed by atoms with E-state index in [0.29, 0.717) is 36.6 Å². The number of carbonyl (C=O) groups excluding carboxylic acids is 1. The van der Waals surface area contributed by atoms with E-state index in [0.717, 1.165) is 12.1 Å². The van der Waals surface area contributed by atoms with Crippen LogP contribution in [0.1, 0.15) is 29.4 Å². The number of halogens is 3. The number of hydrogen-bond acceptors (Lipinski definition) is 5. The summed E-state index contributed by atoms with van der Waals surface area (Å²) in [5.74, 6) is 0.251. The molecule has 1 atom stereocenters. The third kappa shape index (κ3) is 4.75. The van der Waals surface area contributed by atoms with E-state index in [1.165, 1.54) is 23.0 Å². The number of aromatic nitrogens is 4. The van der Waals surface area contributed by atoms with Crippen LogP contribution in [0.4, 0.5) is 13.2 Å². The van der Waals surface area contributed by atoms with Crippen molar-refractivity contribution >= 4 is 12.0 Å². The van der Waals surface area contributed by atoms with Gasteiger partial charge in [0.1, 0.15) is 0 Å². The van der Waals surface area contributed by atoms with E-state index in [2.05, 4.69) is 20.7 Å². The number of aryl methyl sites for hydroxylation is 1. The number of amides is 1. The second-order valence-electron chi connectivity index (χ2n) is 6.70. The lowest BCUT2D eigenvalue weighted by Gasteiger charge is -2.33. The Balaban J connectivity index is 1.87. The molecule has 1 fully saturated rings. The number of hydrogen-bond donors (Lipinski definition) is 1. The summed E-state index contributed by atoms with van der Waals surface area (Å²) in [6, 6.07) is 3.46. The first kappa shape index (κ1) is 20.0. The number of carbonyl (C=O) groups is 1. The summed E-state index contributed by atoms with van der Waals surface area (Å²) in [5.41, 5.74) is 0.0854. The minimum atomic E-state index is -4.46. The number of nitrogens with one attached hydrogen (secondary N) is 1. The Morgan fingerprint density at radius 2 is 2.18 bits per heavy atom. The van der Waals surface area contributed by atoms with E-state index >= 15 is 0 Å². The van der Waals surface area contributed by atoms with Crippen molar-refractivity contribution in [3.63, 3.8) is 0 Å². The number of tetrazole rings is 1. The van der Waals surface area contributed by atoms with Gasteiger partial charge in [-0.05, 0) is 48.4 Å². The molecule has 1 saturated heterocycles. The normalized spacial score (nSPS) is 18.0. The molecule has 150 valence electrons. The van der Waals surface area contributed by atoms with E-state index in [1.807, 2.05) is 6.92 Å². The van der Waals surface area contributed by atoms with Crippen molar-refractivity contribution in [2.24, 2.45) is 0 Å². The maximum Gasteiger partial charge on any atom is 0.416 e. The van der Waals surface area contributed by atoms with Gasteiger partial charge >= 0.3 is 6.18 Å². The van der Waals surface area contributed by atoms with Crippen LogP contribution in [0.15, 0.2) is 24.3 Å². The molecule has 1 aliphatic rings. The van der Waals surface area contributed by atoms with Crippen molar-refractivity contribution in [1.29, 1.82) is 0 Å². The van der Waals surface area contributed by atoms with Gasteiger partial charge in [0, 0.05) is 31.8 Å². The van der Waals surface area contributed by atoms with Crippen molar-refractivity contribution in [2.75, 3.05) is 19.6 Å². The van der Waals surface area contributed by atoms with Crippen LogP contribution < -0.4 is 5.32 Å². The maximum absolute atomic E-state index is 13.1. The molecule has 10 heteroatoms. The van der Waals surface area contributed by atoms with Gasteiger partial charge in [-0.1, -0.05) is 6.07 Å². The number of nitrogens with zero attached hydrogens (tertiary/aromatic N) is 5. The minimum absolute atomic E-state index is 0.0165. The number of benzene rings is 1. The topological polar surface area (TPSA) is 75.9 Å². The highest BCUT2D eigenvalue weighted by Gasteiger charge is 2.31. The fraction of sp³-hybridized carbons (Fsp3) is 0.444. The van der Waals surface area contributed by atoms with Gasteiger partial charge in [0.05, 0.1) is 12.1 Å². The molecular weight excluding hydrogens is 373 g/mol. The third-order valence-corrected chi connectivity index (χ3v) is 4.52. The van der Waals surface area contributed by atoms with Gasteiger partial charge in [-0.25, -0.2) is 0 Å². The van der Waals surface area contributed by atoms with E-state index in [1.54, 1.807) is 11.8 Å². The van der Waals surface area contributed by atoms with Crippen molar-refractivity contribution in [2.45, 2.75) is 32.6 Å². The number of piperazine rings is 1. The lowest BCUT2D eigenvalue weighted by atomic mass is 10.0. The second-order valence-corrected chi connectivity index (χ2v) is 6.70. The molecule has 1 aromatic carbocycles. The Bertz CT molecular complexity index is 876. The Morgan fingerprint density at radius 3 is 2.82 bits per heavy atom. The van der Waals surface area contributed by atoms with Crippen molar-refractivity contribution in [1.82, 2.24) is 30.4 Å². The highest BCUT2D eigenvalue weighted by Crippen LogP contribution is 2.31. The molecule has 0 aliphatic carbocycles. The average Bonchev–Trinajstić information content (AvgIpc) is 3.04. The van der Waals surface area contributed by atoms with E-state index in [9.17, 15) is 18.0 Å². The van der Waals surface area contributed by atoms with Crippen LogP contribution in [0.3, 0.4) is 0 Å². The quantitative estimate of drug-likeness (QED) is 0.802. The largest absolute Gasteiger partial charge is 0.416 e. The maximum atomic E-state index is 13.1. The van der Waals surface area contributed by atoms with Crippen LogP contribution in [-0.4, -0.2) is 56.7 Å². The van der Waals surface area contributed by atoms with Gasteiger partial charge in [0.25, 0.3) is 0 Å². The zero-order chi connectivity index (χ0) is 20.3. The Kier molecular flexibility index (Phi) is 5.78. The first-order valence-electron chi connectivity index (χ1n) is 8.88. The Morgan fingerprint density at radius 1 is 1.39 bits per heavy atom. The SMILES string of the molecule is Cc1nnn(Cc2cc(C(F)(F)F)ccc2C=CC(=O)N2CCNCC2C)n1. The first-order valence-corrected chi connectivity index (χ1v) is 8.88. The van der Waals surface area contributed by atoms with Gasteiger partial charge in [-0.15, -0.1) is 10.2 Å². The zero-order valence-corrected chi connectivity index (χ0v) is 15.6. The fourth-order valence-corrected chi connectivity index (χ4v) is 3.05. The number of alkyl halides is 3. The molecule has 1 aliphatic heterocycles. The van der Waals surface area contributed by atoms with E-state index < -0.39 is 11.7 Å². The Labute approximate surface area is 160 Å². The van der Waals surface area contributed by atoms with Crippen LogP contribution in [0.2, 0.25) is 0 Å². The molecule has 1 aromatic heterocycles. The molecule has 1 unspecified atom stereocenters. The molecule has 28 heavy (non-hydrogen) atoms. The lowest BCUT2D eigenvalue weighted by Crippen LogP contribution is -2.51. The molecule has 0 saturated carbocycles. The highest BCUT2D eigenvalue weighted by molar-refractivity contribution is 5.92. The summed E-state index contributed by atoms with van der Waals surface area (Å²) in [4.78, 5) is 15.4. The molecule has 1 amide bonds. The van der Waals surface area contributed by atoms with E-state index in [4.69, 9.17) is 0 Å². The summed E-state index contributed by atoms with van der Waals surface area (Å²) < 4.78 is 39.3. The molecule has 1 N–H and O–H groups in total. The summed E-state index contributed by atoms with van der Waals surface area (Å²) in [7, 11) is 0. The van der Waals surface area contributed by atoms with Crippen molar-refractivity contribution in [3.05, 3.63) is 46.8 Å². The van der Waals surface area contributed by atoms with Gasteiger partial charge < -0.3 is 10.2 Å². The zero-order valence-electron chi connectivity index (χ0n) is 15.6. The van der Waals surface area contributed by atoms with Crippen molar-refractivity contribution in [3.8, 4) is 0 Å². The lowest BCUT2D eigenvalue weighted by molar-refractivity contribution is -0.137. The van der Waals surface area contributed by atoms with Gasteiger partial charge in [0.2, 0.25) is 5.91 Å². The second kappa shape index (κ2) is 8.09. The molecule has 3 rings (SSSR count). The Hall–Kier alpha value is -2.75. The highest BCUT2D eigenvalue weighted by atomic mass is 19.4. The standard InChI is InChI=1S/C18H21F3N6O/c1-12-10-22-7-8-26(12)17(28)6-4-14-3-5-16(18(19,20)21)9-15(14)11-27-24-13(2)23-25-27/h3-6,9,12,22H,7-8,10-11H2,1-2H3. The summed E-state index contributed by atoms with van der Waals surface area (Å²) in [5, 5.41) is 14.8. The smallest absolute Gasteiger partial charge is 0.334 e.